The van der Waals surface area contributed by atoms with Gasteiger partial charge in [-0.15, -0.1) is 0 Å². The maximum Gasteiger partial charge on any atom is 0.326 e. The highest BCUT2D eigenvalue weighted by molar-refractivity contribution is 5.84. The number of carbonyl (C=O) groups is 2. The average Bonchev–Trinajstić information content (AvgIpc) is 2.31. The summed E-state index contributed by atoms with van der Waals surface area (Å²) in [6.45, 7) is 3.75. The summed E-state index contributed by atoms with van der Waals surface area (Å²) >= 11 is 0. The van der Waals surface area contributed by atoms with Crippen molar-refractivity contribution in [3.05, 3.63) is 29.6 Å². The fourth-order valence-corrected chi connectivity index (χ4v) is 1.65. The summed E-state index contributed by atoms with van der Waals surface area (Å²) in [6.07, 6.45) is 2.87. The van der Waals surface area contributed by atoms with Gasteiger partial charge in [-0.1, -0.05) is 19.4 Å². The van der Waals surface area contributed by atoms with E-state index in [-0.39, 0.29) is 12.3 Å². The first-order valence-electron chi connectivity index (χ1n) is 5.97. The number of aromatic nitrogens is 1. The summed E-state index contributed by atoms with van der Waals surface area (Å²) in [5.74, 6) is -1.31. The van der Waals surface area contributed by atoms with Crippen LogP contribution in [0.5, 0.6) is 0 Å². The van der Waals surface area contributed by atoms with E-state index in [0.717, 1.165) is 5.56 Å². The van der Waals surface area contributed by atoms with Gasteiger partial charge in [-0.2, -0.15) is 0 Å². The Bertz CT molecular complexity index is 432. The molecule has 0 aliphatic carbocycles. The zero-order valence-electron chi connectivity index (χ0n) is 10.6. The summed E-state index contributed by atoms with van der Waals surface area (Å²) in [5.41, 5.74) is 1.60. The first-order chi connectivity index (χ1) is 8.54. The van der Waals surface area contributed by atoms with Gasteiger partial charge in [0.2, 0.25) is 5.91 Å². The second-order valence-corrected chi connectivity index (χ2v) is 4.19. The molecule has 5 heteroatoms. The van der Waals surface area contributed by atoms with E-state index < -0.39 is 12.0 Å². The number of amides is 1. The van der Waals surface area contributed by atoms with Gasteiger partial charge >= 0.3 is 5.97 Å². The molecule has 1 aromatic rings. The third kappa shape index (κ3) is 4.16. The number of nitrogens with zero attached hydrogens (tertiary/aromatic N) is 1. The second kappa shape index (κ2) is 6.74. The summed E-state index contributed by atoms with van der Waals surface area (Å²) in [5, 5.41) is 11.5. The van der Waals surface area contributed by atoms with Gasteiger partial charge in [-0.25, -0.2) is 4.79 Å². The molecular weight excluding hydrogens is 232 g/mol. The summed E-state index contributed by atoms with van der Waals surface area (Å²) in [6, 6.07) is 2.86. The number of carbonyl (C=O) groups excluding carboxylic acids is 1. The molecule has 0 saturated heterocycles. The maximum atomic E-state index is 11.7. The Labute approximate surface area is 106 Å². The van der Waals surface area contributed by atoms with Crippen LogP contribution >= 0.6 is 0 Å². The van der Waals surface area contributed by atoms with Gasteiger partial charge in [0.1, 0.15) is 6.04 Å². The molecule has 1 unspecified atom stereocenters. The SMILES string of the molecule is CCCC(NC(=O)Cc1ncccc1C)C(=O)O. The summed E-state index contributed by atoms with van der Waals surface area (Å²) in [4.78, 5) is 26.8. The minimum Gasteiger partial charge on any atom is -0.480 e. The zero-order chi connectivity index (χ0) is 13.5. The Morgan fingerprint density at radius 3 is 2.78 bits per heavy atom. The fourth-order valence-electron chi connectivity index (χ4n) is 1.65. The van der Waals surface area contributed by atoms with E-state index in [9.17, 15) is 9.59 Å². The van der Waals surface area contributed by atoms with E-state index in [0.29, 0.717) is 18.5 Å². The molecule has 0 aliphatic heterocycles. The van der Waals surface area contributed by atoms with Crippen molar-refractivity contribution in [2.75, 3.05) is 0 Å². The van der Waals surface area contributed by atoms with Crippen LogP contribution in [0.25, 0.3) is 0 Å². The van der Waals surface area contributed by atoms with E-state index in [1.165, 1.54) is 0 Å². The van der Waals surface area contributed by atoms with Gasteiger partial charge < -0.3 is 10.4 Å². The zero-order valence-corrected chi connectivity index (χ0v) is 10.6. The highest BCUT2D eigenvalue weighted by Crippen LogP contribution is 2.04. The minimum atomic E-state index is -0.997. The lowest BCUT2D eigenvalue weighted by Gasteiger charge is -2.13. The minimum absolute atomic E-state index is 0.111. The molecule has 0 aliphatic rings. The first kappa shape index (κ1) is 14.2. The third-order valence-electron chi connectivity index (χ3n) is 2.66. The molecule has 18 heavy (non-hydrogen) atoms. The van der Waals surface area contributed by atoms with Gasteiger partial charge in [-0.3, -0.25) is 9.78 Å². The Morgan fingerprint density at radius 2 is 2.22 bits per heavy atom. The van der Waals surface area contributed by atoms with Crippen molar-refractivity contribution in [3.8, 4) is 0 Å². The summed E-state index contributed by atoms with van der Waals surface area (Å²) in [7, 11) is 0. The number of carboxylic acid groups (broad SMARTS) is 1. The first-order valence-corrected chi connectivity index (χ1v) is 5.97. The van der Waals surface area contributed by atoms with Crippen molar-refractivity contribution in [1.29, 1.82) is 0 Å². The van der Waals surface area contributed by atoms with Gasteiger partial charge in [0.05, 0.1) is 12.1 Å². The second-order valence-electron chi connectivity index (χ2n) is 4.19. The largest absolute Gasteiger partial charge is 0.480 e. The van der Waals surface area contributed by atoms with Crippen LogP contribution in [0.2, 0.25) is 0 Å². The van der Waals surface area contributed by atoms with Crippen LogP contribution in [-0.2, 0) is 16.0 Å². The Morgan fingerprint density at radius 1 is 1.50 bits per heavy atom. The lowest BCUT2D eigenvalue weighted by molar-refractivity contribution is -0.141. The predicted octanol–water partition coefficient (Wildman–Crippen LogP) is 1.30. The molecule has 1 heterocycles. The quantitative estimate of drug-likeness (QED) is 0.797. The van der Waals surface area contributed by atoms with Crippen molar-refractivity contribution in [2.24, 2.45) is 0 Å². The van der Waals surface area contributed by atoms with Crippen LogP contribution in [0.1, 0.15) is 31.0 Å². The van der Waals surface area contributed by atoms with Crippen molar-refractivity contribution in [1.82, 2.24) is 10.3 Å². The number of hydrogen-bond donors (Lipinski definition) is 2. The smallest absolute Gasteiger partial charge is 0.326 e. The maximum absolute atomic E-state index is 11.7. The summed E-state index contributed by atoms with van der Waals surface area (Å²) < 4.78 is 0. The number of hydrogen-bond acceptors (Lipinski definition) is 3. The molecule has 2 N–H and O–H groups in total. The van der Waals surface area contributed by atoms with Crippen LogP contribution < -0.4 is 5.32 Å². The van der Waals surface area contributed by atoms with Gasteiger partial charge in [0.25, 0.3) is 0 Å². The van der Waals surface area contributed by atoms with Crippen molar-refractivity contribution >= 4 is 11.9 Å². The molecule has 1 aromatic heterocycles. The molecule has 0 saturated carbocycles. The van der Waals surface area contributed by atoms with E-state index >= 15 is 0 Å². The third-order valence-corrected chi connectivity index (χ3v) is 2.66. The Kier molecular flexibility index (Phi) is 5.30. The molecule has 0 aromatic carbocycles. The monoisotopic (exact) mass is 250 g/mol. The number of aryl methyl sites for hydroxylation is 1. The molecule has 0 fully saturated rings. The Hall–Kier alpha value is -1.91. The highest BCUT2D eigenvalue weighted by Gasteiger charge is 2.19. The van der Waals surface area contributed by atoms with Crippen molar-refractivity contribution < 1.29 is 14.7 Å². The topological polar surface area (TPSA) is 79.3 Å². The highest BCUT2D eigenvalue weighted by atomic mass is 16.4. The molecular formula is C13H18N2O3. The molecule has 1 atom stereocenters. The van der Waals surface area contributed by atoms with Crippen LogP contribution in [0, 0.1) is 6.92 Å². The molecule has 0 radical (unpaired) electrons. The van der Waals surface area contributed by atoms with Crippen molar-refractivity contribution in [2.45, 2.75) is 39.2 Å². The van der Waals surface area contributed by atoms with Gasteiger partial charge in [0.15, 0.2) is 0 Å². The number of carboxylic acids is 1. The van der Waals surface area contributed by atoms with Crippen molar-refractivity contribution in [3.63, 3.8) is 0 Å². The average molecular weight is 250 g/mol. The normalized spacial score (nSPS) is 11.9. The number of rotatable bonds is 6. The van der Waals surface area contributed by atoms with Gasteiger partial charge in [0, 0.05) is 6.20 Å². The van der Waals surface area contributed by atoms with E-state index in [4.69, 9.17) is 5.11 Å². The van der Waals surface area contributed by atoms with Crippen LogP contribution in [0.4, 0.5) is 0 Å². The van der Waals surface area contributed by atoms with E-state index in [2.05, 4.69) is 10.3 Å². The lowest BCUT2D eigenvalue weighted by Crippen LogP contribution is -2.41. The molecule has 98 valence electrons. The van der Waals surface area contributed by atoms with E-state index in [1.807, 2.05) is 19.9 Å². The molecule has 0 spiro atoms. The number of pyridine rings is 1. The van der Waals surface area contributed by atoms with Crippen LogP contribution in [0.15, 0.2) is 18.3 Å². The Balaban J connectivity index is 2.61. The number of nitrogens with one attached hydrogen (secondary N) is 1. The van der Waals surface area contributed by atoms with Crippen LogP contribution in [0.3, 0.4) is 0 Å². The van der Waals surface area contributed by atoms with Crippen LogP contribution in [-0.4, -0.2) is 28.0 Å². The molecule has 1 amide bonds. The van der Waals surface area contributed by atoms with E-state index in [1.54, 1.807) is 12.3 Å². The molecule has 5 nitrogen and oxygen atoms in total. The fraction of sp³-hybridized carbons (Fsp3) is 0.462. The lowest BCUT2D eigenvalue weighted by atomic mass is 10.1. The standard InChI is InChI=1S/C13H18N2O3/c1-3-5-10(13(17)18)15-12(16)8-11-9(2)6-4-7-14-11/h4,6-7,10H,3,5,8H2,1-2H3,(H,15,16)(H,17,18). The number of aliphatic carboxylic acids is 1. The predicted molar refractivity (Wildman–Crippen MR) is 67.2 cm³/mol. The van der Waals surface area contributed by atoms with Gasteiger partial charge in [-0.05, 0) is 25.0 Å². The molecule has 1 rings (SSSR count). The molecule has 0 bridgehead atoms.